The maximum atomic E-state index is 15.6. The predicted molar refractivity (Wildman–Crippen MR) is 258 cm³/mol. The molecule has 0 unspecified atom stereocenters. The summed E-state index contributed by atoms with van der Waals surface area (Å²) in [6.07, 6.45) is 1.25. The molecular weight excluding hydrogens is 871 g/mol. The highest BCUT2D eigenvalue weighted by Crippen LogP contribution is 2.40. The summed E-state index contributed by atoms with van der Waals surface area (Å²) in [5.74, 6) is -0.243. The molecule has 1 heterocycles. The fourth-order valence-corrected chi connectivity index (χ4v) is 8.09. The van der Waals surface area contributed by atoms with E-state index >= 15 is 4.79 Å². The minimum absolute atomic E-state index is 0.0433. The van der Waals surface area contributed by atoms with Crippen LogP contribution in [0.4, 0.5) is 0 Å². The van der Waals surface area contributed by atoms with Crippen LogP contribution in [0.25, 0.3) is 11.4 Å². The van der Waals surface area contributed by atoms with E-state index in [1.165, 1.54) is 16.9 Å². The van der Waals surface area contributed by atoms with Gasteiger partial charge in [0.15, 0.2) is 0 Å². The minimum Gasteiger partial charge on any atom is -0.489 e. The van der Waals surface area contributed by atoms with Crippen molar-refractivity contribution in [2.75, 3.05) is 0 Å². The number of benzene rings is 7. The van der Waals surface area contributed by atoms with Gasteiger partial charge in [-0.1, -0.05) is 133 Å². The number of aryl methyl sites for hydroxylation is 1. The van der Waals surface area contributed by atoms with Gasteiger partial charge in [-0.15, -0.1) is 10.2 Å². The quantitative estimate of drug-likeness (QED) is 0.0609. The van der Waals surface area contributed by atoms with Gasteiger partial charge in [0.05, 0.1) is 24.2 Å². The first-order valence-corrected chi connectivity index (χ1v) is 22.7. The predicted octanol–water partition coefficient (Wildman–Crippen LogP) is 9.93. The van der Waals surface area contributed by atoms with Crippen LogP contribution < -0.4 is 24.3 Å². The minimum atomic E-state index is -0.676. The second-order valence-electron chi connectivity index (χ2n) is 16.5. The van der Waals surface area contributed by atoms with E-state index < -0.39 is 23.9 Å². The molecule has 346 valence electrons. The van der Waals surface area contributed by atoms with Gasteiger partial charge >= 0.3 is 5.97 Å². The van der Waals surface area contributed by atoms with Crippen molar-refractivity contribution in [1.29, 1.82) is 0 Å². The average molecular weight is 920 g/mol. The van der Waals surface area contributed by atoms with E-state index in [9.17, 15) is 9.59 Å². The molecule has 0 bridgehead atoms. The number of aromatic nitrogens is 4. The van der Waals surface area contributed by atoms with Crippen LogP contribution in [0.3, 0.4) is 0 Å². The fraction of sp³-hybridized carbons (Fsp3) is 0.179. The number of carbonyl (C=O) groups is 3. The monoisotopic (exact) mass is 919 g/mol. The van der Waals surface area contributed by atoms with Gasteiger partial charge < -0.3 is 29.0 Å². The van der Waals surface area contributed by atoms with Crippen LogP contribution in [0.5, 0.6) is 23.0 Å². The van der Waals surface area contributed by atoms with E-state index in [2.05, 4.69) is 20.7 Å². The van der Waals surface area contributed by atoms with E-state index in [-0.39, 0.29) is 65.5 Å². The molecule has 1 fully saturated rings. The van der Waals surface area contributed by atoms with Crippen molar-refractivity contribution < 1.29 is 38.1 Å². The molecule has 9 rings (SSSR count). The maximum absolute atomic E-state index is 15.6. The van der Waals surface area contributed by atoms with E-state index in [4.69, 9.17) is 23.7 Å². The lowest BCUT2D eigenvalue weighted by atomic mass is 9.94. The summed E-state index contributed by atoms with van der Waals surface area (Å²) in [5.41, 5.74) is 4.67. The molecule has 1 aromatic heterocycles. The Balaban J connectivity index is 1.03. The van der Waals surface area contributed by atoms with Crippen molar-refractivity contribution in [3.05, 3.63) is 220 Å². The summed E-state index contributed by atoms with van der Waals surface area (Å²) < 4.78 is 31.6. The number of ether oxygens (including phenoxy) is 5. The number of nitrogens with one attached hydrogen (secondary N) is 1. The molecule has 1 amide bonds. The number of amides is 1. The van der Waals surface area contributed by atoms with Crippen LogP contribution in [-0.2, 0) is 38.2 Å². The highest BCUT2D eigenvalue weighted by molar-refractivity contribution is 6.17. The van der Waals surface area contributed by atoms with Gasteiger partial charge in [0.25, 0.3) is 5.91 Å². The summed E-state index contributed by atoms with van der Waals surface area (Å²) in [7, 11) is 1.64. The SMILES string of the molecule is Cn1nnc(-c2cccc(OCc3ccccc3)c2C(=O)c2c(OCc3ccccc3)cc(C(=O)O[C@@H]3CCC[C@H]3NC(=O)c3ccc(OCc4ccccc4)cc3)cc2OCc2ccccc2)n1. The summed E-state index contributed by atoms with van der Waals surface area (Å²) in [6.45, 7) is 0.679. The standard InChI is InChI=1S/C56H49N5O8/c1-61-59-54(58-60-61)45-24-14-27-48(66-35-39-18-8-3-9-19-39)51(45)53(62)52-49(67-36-40-20-10-4-11-21-40)32-43(33-50(52)68-37-41-22-12-5-13-23-41)56(64)69-47-26-15-25-46(47)57-55(63)42-28-30-44(31-29-42)65-34-38-16-6-2-7-17-38/h2-14,16-24,27-33,46-47H,15,25-26,34-37H2,1H3,(H,57,63)/t46-,47-/m1/s1. The van der Waals surface area contributed by atoms with Gasteiger partial charge in [0, 0.05) is 11.1 Å². The normalized spacial score (nSPS) is 14.1. The number of hydrogen-bond donors (Lipinski definition) is 1. The Bertz CT molecular complexity index is 2940. The number of carbonyl (C=O) groups excluding carboxylic acids is 3. The molecule has 13 heteroatoms. The van der Waals surface area contributed by atoms with Crippen molar-refractivity contribution in [1.82, 2.24) is 25.5 Å². The van der Waals surface area contributed by atoms with Gasteiger partial charge in [-0.05, 0) is 89.2 Å². The number of rotatable bonds is 19. The second kappa shape index (κ2) is 21.8. The molecule has 13 nitrogen and oxygen atoms in total. The third-order valence-corrected chi connectivity index (χ3v) is 11.6. The van der Waals surface area contributed by atoms with E-state index in [1.54, 1.807) is 49.5 Å². The molecule has 1 aliphatic carbocycles. The first-order valence-electron chi connectivity index (χ1n) is 22.7. The molecule has 2 atom stereocenters. The number of ketones is 1. The molecule has 69 heavy (non-hydrogen) atoms. The molecule has 0 radical (unpaired) electrons. The van der Waals surface area contributed by atoms with Gasteiger partial charge in [-0.25, -0.2) is 4.79 Å². The Labute approximate surface area is 399 Å². The van der Waals surface area contributed by atoms with E-state index in [0.717, 1.165) is 28.7 Å². The smallest absolute Gasteiger partial charge is 0.338 e. The molecule has 0 saturated heterocycles. The molecule has 8 aromatic rings. The van der Waals surface area contributed by atoms with Crippen LogP contribution in [-0.4, -0.2) is 50.0 Å². The largest absolute Gasteiger partial charge is 0.489 e. The third kappa shape index (κ3) is 11.5. The fourth-order valence-electron chi connectivity index (χ4n) is 8.09. The summed E-state index contributed by atoms with van der Waals surface area (Å²) in [5, 5.41) is 15.9. The van der Waals surface area contributed by atoms with Crippen LogP contribution in [0, 0.1) is 0 Å². The average Bonchev–Trinajstić information content (AvgIpc) is 4.04. The van der Waals surface area contributed by atoms with Gasteiger partial charge in [-0.2, -0.15) is 4.80 Å². The van der Waals surface area contributed by atoms with Crippen molar-refractivity contribution in [2.24, 2.45) is 7.05 Å². The number of tetrazole rings is 1. The molecule has 0 spiro atoms. The summed E-state index contributed by atoms with van der Waals surface area (Å²) in [4.78, 5) is 44.9. The van der Waals surface area contributed by atoms with Gasteiger partial charge in [-0.3, -0.25) is 9.59 Å². The Morgan fingerprint density at radius 3 is 1.61 bits per heavy atom. The first kappa shape index (κ1) is 45.6. The zero-order chi connectivity index (χ0) is 47.4. The Kier molecular flexibility index (Phi) is 14.4. The molecule has 1 aliphatic rings. The maximum Gasteiger partial charge on any atom is 0.338 e. The molecule has 1 saturated carbocycles. The second-order valence-corrected chi connectivity index (χ2v) is 16.5. The highest BCUT2D eigenvalue weighted by Gasteiger charge is 2.34. The summed E-state index contributed by atoms with van der Waals surface area (Å²) >= 11 is 0. The Hall–Kier alpha value is -8.58. The summed E-state index contributed by atoms with van der Waals surface area (Å²) in [6, 6.07) is 53.1. The van der Waals surface area contributed by atoms with Crippen molar-refractivity contribution in [3.63, 3.8) is 0 Å². The van der Waals surface area contributed by atoms with E-state index in [1.807, 2.05) is 121 Å². The lowest BCUT2D eigenvalue weighted by Gasteiger charge is -2.23. The third-order valence-electron chi connectivity index (χ3n) is 11.6. The van der Waals surface area contributed by atoms with Crippen molar-refractivity contribution in [3.8, 4) is 34.4 Å². The molecule has 1 N–H and O–H groups in total. The molecular formula is C56H49N5O8. The van der Waals surface area contributed by atoms with Crippen LogP contribution in [0.1, 0.15) is 78.2 Å². The first-order chi connectivity index (χ1) is 33.8. The van der Waals surface area contributed by atoms with Crippen molar-refractivity contribution >= 4 is 17.7 Å². The number of nitrogens with zero attached hydrogens (tertiary/aromatic N) is 4. The van der Waals surface area contributed by atoms with Crippen LogP contribution in [0.2, 0.25) is 0 Å². The molecule has 0 aliphatic heterocycles. The van der Waals surface area contributed by atoms with Crippen LogP contribution in [0.15, 0.2) is 176 Å². The zero-order valence-electron chi connectivity index (χ0n) is 37.9. The lowest BCUT2D eigenvalue weighted by Crippen LogP contribution is -2.42. The topological polar surface area (TPSA) is 153 Å². The number of esters is 1. The van der Waals surface area contributed by atoms with Gasteiger partial charge in [0.2, 0.25) is 11.6 Å². The Morgan fingerprint density at radius 1 is 0.565 bits per heavy atom. The lowest BCUT2D eigenvalue weighted by molar-refractivity contribution is 0.0249. The zero-order valence-corrected chi connectivity index (χ0v) is 37.9. The molecule has 7 aromatic carbocycles. The van der Waals surface area contributed by atoms with Crippen LogP contribution >= 0.6 is 0 Å². The van der Waals surface area contributed by atoms with Crippen molar-refractivity contribution in [2.45, 2.75) is 57.8 Å². The Morgan fingerprint density at radius 2 is 1.09 bits per heavy atom. The van der Waals surface area contributed by atoms with E-state index in [0.29, 0.717) is 36.3 Å². The highest BCUT2D eigenvalue weighted by atomic mass is 16.5. The van der Waals surface area contributed by atoms with Gasteiger partial charge in [0.1, 0.15) is 61.1 Å². The number of hydrogen-bond acceptors (Lipinski definition) is 11.